The number of nitrogens with two attached hydrogens (primary N) is 1. The molecule has 2 rings (SSSR count). The predicted octanol–water partition coefficient (Wildman–Crippen LogP) is 4.71. The Labute approximate surface area is 141 Å². The Bertz CT molecular complexity index is 546. The molecular formula is C15H18Br2N2S. The number of hydrogen-bond donors (Lipinski definition) is 1. The number of thiophene rings is 1. The smallest absolute Gasteiger partial charge is 0.0843 e. The number of rotatable bonds is 5. The van der Waals surface area contributed by atoms with Gasteiger partial charge in [0, 0.05) is 22.4 Å². The third kappa shape index (κ3) is 3.92. The molecule has 0 radical (unpaired) electrons. The predicted molar refractivity (Wildman–Crippen MR) is 94.2 cm³/mol. The van der Waals surface area contributed by atoms with Crippen LogP contribution in [0.3, 0.4) is 0 Å². The normalized spacial score (nSPS) is 12.9. The molecule has 0 saturated heterocycles. The number of aryl methyl sites for hydroxylation is 1. The zero-order valence-corrected chi connectivity index (χ0v) is 15.6. The van der Waals surface area contributed by atoms with Gasteiger partial charge in [0.2, 0.25) is 0 Å². The molecular weight excluding hydrogens is 400 g/mol. The van der Waals surface area contributed by atoms with Gasteiger partial charge in [-0.25, -0.2) is 0 Å². The SMILES string of the molecule is Cc1ccc(CN(C)C(CN)c2cc(Br)c(Br)s2)cc1. The fourth-order valence-electron chi connectivity index (χ4n) is 2.13. The van der Waals surface area contributed by atoms with Gasteiger partial charge in [0.1, 0.15) is 0 Å². The van der Waals surface area contributed by atoms with Crippen LogP contribution in [0.4, 0.5) is 0 Å². The highest BCUT2D eigenvalue weighted by atomic mass is 79.9. The highest BCUT2D eigenvalue weighted by Crippen LogP contribution is 2.37. The molecule has 20 heavy (non-hydrogen) atoms. The minimum atomic E-state index is 0.240. The second-order valence-corrected chi connectivity index (χ2v) is 8.18. The molecule has 2 aromatic rings. The third-order valence-corrected chi connectivity index (χ3v) is 6.66. The summed E-state index contributed by atoms with van der Waals surface area (Å²) in [6, 6.07) is 11.1. The van der Waals surface area contributed by atoms with Crippen molar-refractivity contribution in [1.29, 1.82) is 0 Å². The van der Waals surface area contributed by atoms with Gasteiger partial charge in [0.15, 0.2) is 0 Å². The average Bonchev–Trinajstić information content (AvgIpc) is 2.73. The van der Waals surface area contributed by atoms with Gasteiger partial charge in [0.05, 0.1) is 9.83 Å². The summed E-state index contributed by atoms with van der Waals surface area (Å²) in [5.41, 5.74) is 8.58. The highest BCUT2D eigenvalue weighted by Gasteiger charge is 2.19. The van der Waals surface area contributed by atoms with E-state index in [0.29, 0.717) is 6.54 Å². The van der Waals surface area contributed by atoms with E-state index in [4.69, 9.17) is 5.73 Å². The van der Waals surface area contributed by atoms with E-state index in [1.807, 2.05) is 0 Å². The molecule has 0 aliphatic carbocycles. The first-order valence-electron chi connectivity index (χ1n) is 6.42. The highest BCUT2D eigenvalue weighted by molar-refractivity contribution is 9.13. The average molecular weight is 418 g/mol. The van der Waals surface area contributed by atoms with Gasteiger partial charge in [-0.3, -0.25) is 4.90 Å². The van der Waals surface area contributed by atoms with E-state index < -0.39 is 0 Å². The quantitative estimate of drug-likeness (QED) is 0.762. The lowest BCUT2D eigenvalue weighted by atomic mass is 10.1. The molecule has 0 amide bonds. The first-order chi connectivity index (χ1) is 9.51. The van der Waals surface area contributed by atoms with Crippen LogP contribution in [0, 0.1) is 6.92 Å². The lowest BCUT2D eigenvalue weighted by Gasteiger charge is -2.26. The molecule has 2 N–H and O–H groups in total. The molecule has 0 spiro atoms. The van der Waals surface area contributed by atoms with Gasteiger partial charge in [-0.15, -0.1) is 11.3 Å². The van der Waals surface area contributed by atoms with Gasteiger partial charge in [-0.2, -0.15) is 0 Å². The summed E-state index contributed by atoms with van der Waals surface area (Å²) in [4.78, 5) is 3.58. The van der Waals surface area contributed by atoms with E-state index >= 15 is 0 Å². The monoisotopic (exact) mass is 416 g/mol. The Hall–Kier alpha value is -0.200. The van der Waals surface area contributed by atoms with Gasteiger partial charge >= 0.3 is 0 Å². The summed E-state index contributed by atoms with van der Waals surface area (Å²) in [5, 5.41) is 0. The first-order valence-corrected chi connectivity index (χ1v) is 8.82. The van der Waals surface area contributed by atoms with Crippen molar-refractivity contribution in [2.45, 2.75) is 19.5 Å². The molecule has 0 fully saturated rings. The van der Waals surface area contributed by atoms with Crippen molar-refractivity contribution >= 4 is 43.2 Å². The summed E-state index contributed by atoms with van der Waals surface area (Å²) in [5.74, 6) is 0. The van der Waals surface area contributed by atoms with Crippen LogP contribution < -0.4 is 5.73 Å². The summed E-state index contributed by atoms with van der Waals surface area (Å²) < 4.78 is 2.22. The van der Waals surface area contributed by atoms with E-state index in [-0.39, 0.29) is 6.04 Å². The fraction of sp³-hybridized carbons (Fsp3) is 0.333. The van der Waals surface area contributed by atoms with Crippen LogP contribution in [0.1, 0.15) is 22.0 Å². The van der Waals surface area contributed by atoms with Crippen molar-refractivity contribution in [3.05, 3.63) is 54.6 Å². The van der Waals surface area contributed by atoms with Crippen LogP contribution in [0.25, 0.3) is 0 Å². The van der Waals surface area contributed by atoms with E-state index in [1.165, 1.54) is 16.0 Å². The molecule has 108 valence electrons. The fourth-order valence-corrected chi connectivity index (χ4v) is 4.40. The molecule has 5 heteroatoms. The van der Waals surface area contributed by atoms with Gasteiger partial charge in [-0.05, 0) is 57.5 Å². The van der Waals surface area contributed by atoms with Gasteiger partial charge in [0.25, 0.3) is 0 Å². The third-order valence-electron chi connectivity index (χ3n) is 3.30. The number of halogens is 2. The Morgan fingerprint density at radius 3 is 2.40 bits per heavy atom. The van der Waals surface area contributed by atoms with Crippen molar-refractivity contribution in [3.63, 3.8) is 0 Å². The first kappa shape index (κ1) is 16.2. The number of likely N-dealkylation sites (N-methyl/N-ethyl adjacent to an activating group) is 1. The standard InChI is InChI=1S/C15H18Br2N2S/c1-10-3-5-11(6-4-10)9-19(2)13(8-18)14-7-12(16)15(17)20-14/h3-7,13H,8-9,18H2,1-2H3. The van der Waals surface area contributed by atoms with Crippen LogP contribution in [-0.4, -0.2) is 18.5 Å². The molecule has 0 bridgehead atoms. The Balaban J connectivity index is 2.12. The Morgan fingerprint density at radius 1 is 1.25 bits per heavy atom. The summed E-state index contributed by atoms with van der Waals surface area (Å²) >= 11 is 8.83. The molecule has 2 nitrogen and oxygen atoms in total. The van der Waals surface area contributed by atoms with E-state index in [0.717, 1.165) is 14.8 Å². The molecule has 0 saturated carbocycles. The van der Waals surface area contributed by atoms with Gasteiger partial charge in [-0.1, -0.05) is 29.8 Å². The molecule has 0 aliphatic rings. The molecule has 1 heterocycles. The van der Waals surface area contributed by atoms with Crippen molar-refractivity contribution in [3.8, 4) is 0 Å². The maximum absolute atomic E-state index is 5.98. The largest absolute Gasteiger partial charge is 0.329 e. The second kappa shape index (κ2) is 7.18. The zero-order valence-electron chi connectivity index (χ0n) is 11.6. The van der Waals surface area contributed by atoms with Crippen molar-refractivity contribution in [2.24, 2.45) is 5.73 Å². The van der Waals surface area contributed by atoms with Crippen LogP contribution in [0.5, 0.6) is 0 Å². The lowest BCUT2D eigenvalue weighted by Crippen LogP contribution is -2.29. The van der Waals surface area contributed by atoms with E-state index in [9.17, 15) is 0 Å². The molecule has 1 aromatic heterocycles. The van der Waals surface area contributed by atoms with Crippen LogP contribution in [0.15, 0.2) is 38.6 Å². The molecule has 1 aromatic carbocycles. The Morgan fingerprint density at radius 2 is 1.90 bits per heavy atom. The van der Waals surface area contributed by atoms with Crippen molar-refractivity contribution < 1.29 is 0 Å². The summed E-state index contributed by atoms with van der Waals surface area (Å²) in [7, 11) is 2.12. The second-order valence-electron chi connectivity index (χ2n) is 4.92. The maximum Gasteiger partial charge on any atom is 0.0843 e. The minimum absolute atomic E-state index is 0.240. The maximum atomic E-state index is 5.98. The number of hydrogen-bond acceptors (Lipinski definition) is 3. The summed E-state index contributed by atoms with van der Waals surface area (Å²) in [6.45, 7) is 3.62. The van der Waals surface area contributed by atoms with E-state index in [2.05, 4.69) is 81.1 Å². The Kier molecular flexibility index (Phi) is 5.81. The van der Waals surface area contributed by atoms with Crippen LogP contribution in [0.2, 0.25) is 0 Å². The zero-order chi connectivity index (χ0) is 14.7. The molecule has 0 aliphatic heterocycles. The van der Waals surface area contributed by atoms with Crippen molar-refractivity contribution in [2.75, 3.05) is 13.6 Å². The minimum Gasteiger partial charge on any atom is -0.329 e. The molecule has 1 atom stereocenters. The topological polar surface area (TPSA) is 29.3 Å². The number of benzene rings is 1. The van der Waals surface area contributed by atoms with Crippen LogP contribution in [-0.2, 0) is 6.54 Å². The lowest BCUT2D eigenvalue weighted by molar-refractivity contribution is 0.245. The molecule has 1 unspecified atom stereocenters. The van der Waals surface area contributed by atoms with Crippen molar-refractivity contribution in [1.82, 2.24) is 4.90 Å². The summed E-state index contributed by atoms with van der Waals surface area (Å²) in [6.07, 6.45) is 0. The van der Waals surface area contributed by atoms with Crippen LogP contribution >= 0.6 is 43.2 Å². The van der Waals surface area contributed by atoms with E-state index in [1.54, 1.807) is 11.3 Å². The van der Waals surface area contributed by atoms with Gasteiger partial charge < -0.3 is 5.73 Å². The number of nitrogens with zero attached hydrogens (tertiary/aromatic N) is 1.